The maximum absolute atomic E-state index is 12.8. The Balaban J connectivity index is 1.58. The molecule has 1 atom stereocenters. The molecule has 0 radical (unpaired) electrons. The summed E-state index contributed by atoms with van der Waals surface area (Å²) in [5.41, 5.74) is 10.3. The van der Waals surface area contributed by atoms with Gasteiger partial charge in [-0.15, -0.1) is 0 Å². The largest absolute Gasteiger partial charge is 0.384 e. The van der Waals surface area contributed by atoms with E-state index in [-0.39, 0.29) is 11.7 Å². The maximum Gasteiger partial charge on any atom is 0.255 e. The minimum Gasteiger partial charge on any atom is -0.384 e. The molecule has 28 heavy (non-hydrogen) atoms. The molecule has 4 rings (SSSR count). The quantitative estimate of drug-likeness (QED) is 0.412. The third kappa shape index (κ3) is 3.49. The summed E-state index contributed by atoms with van der Waals surface area (Å²) in [6.45, 7) is 4.06. The highest BCUT2D eigenvalue weighted by Crippen LogP contribution is 2.29. The topological polar surface area (TPSA) is 91.0 Å². The molecule has 1 aliphatic heterocycles. The second-order valence-electron chi connectivity index (χ2n) is 7.29. The molecular weight excluding hydrogens is 348 g/mol. The van der Waals surface area contributed by atoms with Crippen LogP contribution in [0.15, 0.2) is 54.6 Å². The Morgan fingerprint density at radius 3 is 2.54 bits per heavy atom. The van der Waals surface area contributed by atoms with Gasteiger partial charge >= 0.3 is 0 Å². The average Bonchev–Trinajstić information content (AvgIpc) is 2.72. The van der Waals surface area contributed by atoms with E-state index >= 15 is 0 Å². The van der Waals surface area contributed by atoms with Crippen molar-refractivity contribution in [3.8, 4) is 0 Å². The van der Waals surface area contributed by atoms with Gasteiger partial charge in [0.15, 0.2) is 0 Å². The summed E-state index contributed by atoms with van der Waals surface area (Å²) in [7, 11) is 0. The molecular formula is C23H24N4O. The standard InChI is InChI=1S/C23H24N4O/c1-2-14-12-26-13-19-7-8-20(11-21(14)19)27-23(28)18-6-4-15-9-17(22(24)25)5-3-16(15)10-18/h3-11,14,26H,2,12-13H2,1H3,(H3,24,25)(H,27,28)/t14-/m0/s1. The van der Waals surface area contributed by atoms with Crippen molar-refractivity contribution >= 4 is 28.2 Å². The molecule has 5 heteroatoms. The fourth-order valence-corrected chi connectivity index (χ4v) is 3.83. The van der Waals surface area contributed by atoms with Crippen LogP contribution in [0.1, 0.15) is 46.3 Å². The van der Waals surface area contributed by atoms with Crippen molar-refractivity contribution in [2.75, 3.05) is 11.9 Å². The summed E-state index contributed by atoms with van der Waals surface area (Å²) in [5.74, 6) is 0.396. The second kappa shape index (κ2) is 7.44. The van der Waals surface area contributed by atoms with E-state index < -0.39 is 0 Å². The van der Waals surface area contributed by atoms with Gasteiger partial charge in [0.05, 0.1) is 0 Å². The normalized spacial score (nSPS) is 15.8. The molecule has 142 valence electrons. The molecule has 0 bridgehead atoms. The number of nitrogen functional groups attached to an aromatic ring is 1. The van der Waals surface area contributed by atoms with E-state index in [0.717, 1.165) is 36.0 Å². The highest BCUT2D eigenvalue weighted by molar-refractivity contribution is 6.07. The van der Waals surface area contributed by atoms with E-state index in [1.54, 1.807) is 12.1 Å². The van der Waals surface area contributed by atoms with Crippen LogP contribution in [0.2, 0.25) is 0 Å². The molecule has 0 aromatic heterocycles. The van der Waals surface area contributed by atoms with Gasteiger partial charge in [-0.3, -0.25) is 10.2 Å². The molecule has 0 saturated heterocycles. The van der Waals surface area contributed by atoms with Gasteiger partial charge in [-0.1, -0.05) is 31.2 Å². The van der Waals surface area contributed by atoms with E-state index in [2.05, 4.69) is 29.7 Å². The summed E-state index contributed by atoms with van der Waals surface area (Å²) in [6.07, 6.45) is 1.07. The van der Waals surface area contributed by atoms with E-state index in [4.69, 9.17) is 11.1 Å². The minimum absolute atomic E-state index is 0.0386. The Morgan fingerprint density at radius 2 is 1.82 bits per heavy atom. The lowest BCUT2D eigenvalue weighted by molar-refractivity contribution is 0.102. The molecule has 0 fully saturated rings. The molecule has 5 nitrogen and oxygen atoms in total. The first-order valence-electron chi connectivity index (χ1n) is 9.58. The SMILES string of the molecule is CC[C@H]1CNCc2ccc(NC(=O)c3ccc4cc(C(=N)N)ccc4c3)cc21. The monoisotopic (exact) mass is 372 g/mol. The molecule has 3 aromatic carbocycles. The third-order valence-electron chi connectivity index (χ3n) is 5.46. The van der Waals surface area contributed by atoms with Gasteiger partial charge < -0.3 is 16.4 Å². The minimum atomic E-state index is -0.125. The number of hydrogen-bond acceptors (Lipinski definition) is 3. The molecule has 0 unspecified atom stereocenters. The number of carbonyl (C=O) groups excluding carboxylic acids is 1. The zero-order valence-corrected chi connectivity index (χ0v) is 15.9. The van der Waals surface area contributed by atoms with Crippen LogP contribution in [0.3, 0.4) is 0 Å². The van der Waals surface area contributed by atoms with Crippen LogP contribution >= 0.6 is 0 Å². The number of nitrogens with one attached hydrogen (secondary N) is 3. The first kappa shape index (κ1) is 18.2. The Morgan fingerprint density at radius 1 is 1.11 bits per heavy atom. The smallest absolute Gasteiger partial charge is 0.255 e. The van der Waals surface area contributed by atoms with Crippen LogP contribution in [0.4, 0.5) is 5.69 Å². The van der Waals surface area contributed by atoms with Crippen molar-refractivity contribution in [2.45, 2.75) is 25.8 Å². The molecule has 5 N–H and O–H groups in total. The molecule has 3 aromatic rings. The van der Waals surface area contributed by atoms with E-state index in [0.29, 0.717) is 17.0 Å². The Labute approximate surface area is 164 Å². The Bertz CT molecular complexity index is 1070. The number of rotatable bonds is 4. The van der Waals surface area contributed by atoms with Crippen LogP contribution < -0.4 is 16.4 Å². The molecule has 0 spiro atoms. The fourth-order valence-electron chi connectivity index (χ4n) is 3.83. The maximum atomic E-state index is 12.8. The van der Waals surface area contributed by atoms with Crippen LogP contribution in [-0.4, -0.2) is 18.3 Å². The van der Waals surface area contributed by atoms with Crippen molar-refractivity contribution in [1.29, 1.82) is 5.41 Å². The fraction of sp³-hybridized carbons (Fsp3) is 0.217. The van der Waals surface area contributed by atoms with Crippen molar-refractivity contribution in [3.63, 3.8) is 0 Å². The molecule has 0 aliphatic carbocycles. The Hall–Kier alpha value is -3.18. The van der Waals surface area contributed by atoms with E-state index in [1.165, 1.54) is 11.1 Å². The van der Waals surface area contributed by atoms with Crippen LogP contribution in [0.5, 0.6) is 0 Å². The van der Waals surface area contributed by atoms with Gasteiger partial charge in [-0.25, -0.2) is 0 Å². The molecule has 1 amide bonds. The number of carbonyl (C=O) groups is 1. The number of anilines is 1. The van der Waals surface area contributed by atoms with Crippen LogP contribution in [0, 0.1) is 5.41 Å². The van der Waals surface area contributed by atoms with Gasteiger partial charge in [-0.2, -0.15) is 0 Å². The summed E-state index contributed by atoms with van der Waals surface area (Å²) in [4.78, 5) is 12.8. The lowest BCUT2D eigenvalue weighted by atomic mass is 9.88. The lowest BCUT2D eigenvalue weighted by Gasteiger charge is -2.26. The van der Waals surface area contributed by atoms with E-state index in [9.17, 15) is 4.79 Å². The molecule has 1 heterocycles. The van der Waals surface area contributed by atoms with Crippen molar-refractivity contribution in [2.24, 2.45) is 5.73 Å². The zero-order chi connectivity index (χ0) is 19.7. The number of benzene rings is 3. The lowest BCUT2D eigenvalue weighted by Crippen LogP contribution is -2.28. The second-order valence-corrected chi connectivity index (χ2v) is 7.29. The number of hydrogen-bond donors (Lipinski definition) is 4. The van der Waals surface area contributed by atoms with E-state index in [1.807, 2.05) is 30.3 Å². The number of amidine groups is 1. The summed E-state index contributed by atoms with van der Waals surface area (Å²) >= 11 is 0. The first-order valence-corrected chi connectivity index (χ1v) is 9.58. The molecule has 0 saturated carbocycles. The van der Waals surface area contributed by atoms with Gasteiger partial charge in [-0.05, 0) is 64.6 Å². The predicted octanol–water partition coefficient (Wildman–Crippen LogP) is 3.97. The predicted molar refractivity (Wildman–Crippen MR) is 114 cm³/mol. The van der Waals surface area contributed by atoms with Gasteiger partial charge in [0.1, 0.15) is 5.84 Å². The van der Waals surface area contributed by atoms with Crippen molar-refractivity contribution in [1.82, 2.24) is 5.32 Å². The number of fused-ring (bicyclic) bond motifs is 2. The van der Waals surface area contributed by atoms with Crippen LogP contribution in [0.25, 0.3) is 10.8 Å². The van der Waals surface area contributed by atoms with Crippen LogP contribution in [-0.2, 0) is 6.54 Å². The van der Waals surface area contributed by atoms with Gasteiger partial charge in [0.25, 0.3) is 5.91 Å². The summed E-state index contributed by atoms with van der Waals surface area (Å²) in [5, 5.41) is 15.9. The number of nitrogens with two attached hydrogens (primary N) is 1. The highest BCUT2D eigenvalue weighted by Gasteiger charge is 2.19. The first-order chi connectivity index (χ1) is 13.5. The average molecular weight is 372 g/mol. The Kier molecular flexibility index (Phi) is 4.84. The zero-order valence-electron chi connectivity index (χ0n) is 15.9. The van der Waals surface area contributed by atoms with Crippen molar-refractivity contribution < 1.29 is 4.79 Å². The highest BCUT2D eigenvalue weighted by atomic mass is 16.1. The van der Waals surface area contributed by atoms with Gasteiger partial charge in [0, 0.05) is 29.9 Å². The summed E-state index contributed by atoms with van der Waals surface area (Å²) < 4.78 is 0. The third-order valence-corrected chi connectivity index (χ3v) is 5.46. The molecule has 1 aliphatic rings. The summed E-state index contributed by atoms with van der Waals surface area (Å²) in [6, 6.07) is 17.3. The van der Waals surface area contributed by atoms with Crippen molar-refractivity contribution in [3.05, 3.63) is 76.9 Å². The van der Waals surface area contributed by atoms with Gasteiger partial charge in [0.2, 0.25) is 0 Å². The number of amides is 1.